The SMILES string of the molecule is C=CC[C@@](C)(CC(=O)O)C(=O)O. The maximum atomic E-state index is 10.6. The smallest absolute Gasteiger partial charge is 0.310 e. The summed E-state index contributed by atoms with van der Waals surface area (Å²) in [5.74, 6) is -2.22. The van der Waals surface area contributed by atoms with Gasteiger partial charge in [0.2, 0.25) is 0 Å². The largest absolute Gasteiger partial charge is 0.481 e. The monoisotopic (exact) mass is 172 g/mol. The lowest BCUT2D eigenvalue weighted by Crippen LogP contribution is -2.29. The maximum Gasteiger partial charge on any atom is 0.310 e. The molecule has 0 rings (SSSR count). The van der Waals surface area contributed by atoms with Crippen molar-refractivity contribution in [2.24, 2.45) is 5.41 Å². The van der Waals surface area contributed by atoms with E-state index in [-0.39, 0.29) is 12.8 Å². The molecule has 0 aromatic rings. The van der Waals surface area contributed by atoms with Crippen LogP contribution in [0, 0.1) is 5.41 Å². The van der Waals surface area contributed by atoms with Crippen molar-refractivity contribution >= 4 is 11.9 Å². The fourth-order valence-corrected chi connectivity index (χ4v) is 0.887. The van der Waals surface area contributed by atoms with Crippen LogP contribution < -0.4 is 0 Å². The number of rotatable bonds is 5. The number of allylic oxidation sites excluding steroid dienone is 1. The normalized spacial score (nSPS) is 14.8. The van der Waals surface area contributed by atoms with Crippen LogP contribution in [0.5, 0.6) is 0 Å². The molecule has 68 valence electrons. The predicted octanol–water partition coefficient (Wildman–Crippen LogP) is 1.13. The third-order valence-corrected chi connectivity index (χ3v) is 1.65. The van der Waals surface area contributed by atoms with E-state index in [2.05, 4.69) is 6.58 Å². The second kappa shape index (κ2) is 3.90. The summed E-state index contributed by atoms with van der Waals surface area (Å²) in [7, 11) is 0. The van der Waals surface area contributed by atoms with Crippen molar-refractivity contribution in [1.29, 1.82) is 0 Å². The van der Waals surface area contributed by atoms with Crippen LogP contribution in [0.3, 0.4) is 0 Å². The number of carboxylic acids is 2. The van der Waals surface area contributed by atoms with Gasteiger partial charge in [-0.25, -0.2) is 0 Å². The van der Waals surface area contributed by atoms with Gasteiger partial charge in [-0.1, -0.05) is 6.08 Å². The molecule has 0 bridgehead atoms. The molecule has 0 aliphatic heterocycles. The van der Waals surface area contributed by atoms with Gasteiger partial charge in [-0.3, -0.25) is 9.59 Å². The number of carboxylic acid groups (broad SMARTS) is 2. The first kappa shape index (κ1) is 10.7. The van der Waals surface area contributed by atoms with Gasteiger partial charge in [0, 0.05) is 0 Å². The summed E-state index contributed by atoms with van der Waals surface area (Å²) in [6, 6.07) is 0. The van der Waals surface area contributed by atoms with Gasteiger partial charge >= 0.3 is 11.9 Å². The van der Waals surface area contributed by atoms with Gasteiger partial charge in [-0.05, 0) is 13.3 Å². The van der Waals surface area contributed by atoms with Gasteiger partial charge in [-0.15, -0.1) is 6.58 Å². The van der Waals surface area contributed by atoms with Crippen molar-refractivity contribution in [2.45, 2.75) is 19.8 Å². The van der Waals surface area contributed by atoms with Crippen molar-refractivity contribution in [1.82, 2.24) is 0 Å². The molecule has 2 N–H and O–H groups in total. The maximum absolute atomic E-state index is 10.6. The summed E-state index contributed by atoms with van der Waals surface area (Å²) >= 11 is 0. The van der Waals surface area contributed by atoms with Crippen molar-refractivity contribution in [3.63, 3.8) is 0 Å². The molecule has 0 saturated carbocycles. The standard InChI is InChI=1S/C8H12O4/c1-3-4-8(2,7(11)12)5-6(9)10/h3H,1,4-5H2,2H3,(H,9,10)(H,11,12)/t8-/m0/s1. The van der Waals surface area contributed by atoms with Crippen LogP contribution in [0.4, 0.5) is 0 Å². The molecule has 0 aliphatic carbocycles. The molecule has 0 saturated heterocycles. The van der Waals surface area contributed by atoms with Gasteiger partial charge < -0.3 is 10.2 Å². The highest BCUT2D eigenvalue weighted by Crippen LogP contribution is 2.26. The fraction of sp³-hybridized carbons (Fsp3) is 0.500. The van der Waals surface area contributed by atoms with Crippen molar-refractivity contribution < 1.29 is 19.8 Å². The fourth-order valence-electron chi connectivity index (χ4n) is 0.887. The third-order valence-electron chi connectivity index (χ3n) is 1.65. The Bertz CT molecular complexity index is 209. The minimum absolute atomic E-state index is 0.161. The number of carbonyl (C=O) groups is 2. The van der Waals surface area contributed by atoms with Gasteiger partial charge in [0.05, 0.1) is 11.8 Å². The van der Waals surface area contributed by atoms with Crippen LogP contribution in [-0.4, -0.2) is 22.2 Å². The van der Waals surface area contributed by atoms with Crippen molar-refractivity contribution in [3.05, 3.63) is 12.7 Å². The molecule has 0 aromatic carbocycles. The van der Waals surface area contributed by atoms with Crippen LogP contribution in [-0.2, 0) is 9.59 Å². The zero-order valence-electron chi connectivity index (χ0n) is 6.91. The molecule has 0 heterocycles. The molecule has 0 aromatic heterocycles. The van der Waals surface area contributed by atoms with Gasteiger partial charge in [0.25, 0.3) is 0 Å². The molecule has 0 unspecified atom stereocenters. The summed E-state index contributed by atoms with van der Waals surface area (Å²) in [5.41, 5.74) is -1.23. The lowest BCUT2D eigenvalue weighted by molar-refractivity contribution is -0.154. The van der Waals surface area contributed by atoms with E-state index in [0.29, 0.717) is 0 Å². The highest BCUT2D eigenvalue weighted by molar-refractivity contribution is 5.81. The Kier molecular flexibility index (Phi) is 3.47. The molecular weight excluding hydrogens is 160 g/mol. The van der Waals surface area contributed by atoms with Gasteiger partial charge in [-0.2, -0.15) is 0 Å². The minimum Gasteiger partial charge on any atom is -0.481 e. The van der Waals surface area contributed by atoms with Gasteiger partial charge in [0.15, 0.2) is 0 Å². The lowest BCUT2D eigenvalue weighted by Gasteiger charge is -2.20. The van der Waals surface area contributed by atoms with Crippen LogP contribution in [0.15, 0.2) is 12.7 Å². The summed E-state index contributed by atoms with van der Waals surface area (Å²) in [6.45, 7) is 4.77. The molecular formula is C8H12O4. The number of hydrogen-bond donors (Lipinski definition) is 2. The van der Waals surface area contributed by atoms with E-state index in [1.807, 2.05) is 0 Å². The highest BCUT2D eigenvalue weighted by atomic mass is 16.4. The molecule has 0 radical (unpaired) electrons. The van der Waals surface area contributed by atoms with E-state index >= 15 is 0 Å². The zero-order valence-corrected chi connectivity index (χ0v) is 6.91. The Hall–Kier alpha value is -1.32. The molecule has 0 amide bonds. The first-order chi connectivity index (χ1) is 5.42. The Balaban J connectivity index is 4.49. The van der Waals surface area contributed by atoms with E-state index in [0.717, 1.165) is 0 Å². The first-order valence-corrected chi connectivity index (χ1v) is 3.48. The van der Waals surface area contributed by atoms with E-state index < -0.39 is 17.4 Å². The Morgan fingerprint density at radius 2 is 2.00 bits per heavy atom. The van der Waals surface area contributed by atoms with Crippen LogP contribution in [0.25, 0.3) is 0 Å². The van der Waals surface area contributed by atoms with E-state index in [1.165, 1.54) is 13.0 Å². The second-order valence-corrected chi connectivity index (χ2v) is 2.93. The molecule has 4 heteroatoms. The first-order valence-electron chi connectivity index (χ1n) is 3.48. The van der Waals surface area contributed by atoms with Crippen LogP contribution in [0.1, 0.15) is 19.8 Å². The average Bonchev–Trinajstić information content (AvgIpc) is 1.85. The van der Waals surface area contributed by atoms with Gasteiger partial charge in [0.1, 0.15) is 0 Å². The number of aliphatic carboxylic acids is 2. The highest BCUT2D eigenvalue weighted by Gasteiger charge is 2.34. The Morgan fingerprint density at radius 3 is 2.25 bits per heavy atom. The quantitative estimate of drug-likeness (QED) is 0.609. The van der Waals surface area contributed by atoms with E-state index in [9.17, 15) is 9.59 Å². The second-order valence-electron chi connectivity index (χ2n) is 2.93. The Labute approximate surface area is 70.5 Å². The van der Waals surface area contributed by atoms with Crippen LogP contribution in [0.2, 0.25) is 0 Å². The summed E-state index contributed by atoms with van der Waals surface area (Å²) in [6.07, 6.45) is 1.19. The molecule has 0 spiro atoms. The van der Waals surface area contributed by atoms with Crippen molar-refractivity contribution in [3.8, 4) is 0 Å². The topological polar surface area (TPSA) is 74.6 Å². The lowest BCUT2D eigenvalue weighted by atomic mass is 9.83. The summed E-state index contributed by atoms with van der Waals surface area (Å²) < 4.78 is 0. The number of hydrogen-bond acceptors (Lipinski definition) is 2. The minimum atomic E-state index is -1.23. The average molecular weight is 172 g/mol. The molecule has 1 atom stereocenters. The predicted molar refractivity (Wildman–Crippen MR) is 42.8 cm³/mol. The summed E-state index contributed by atoms with van der Waals surface area (Å²) in [5, 5.41) is 17.1. The molecule has 12 heavy (non-hydrogen) atoms. The molecule has 0 fully saturated rings. The summed E-state index contributed by atoms with van der Waals surface area (Å²) in [4.78, 5) is 20.9. The third kappa shape index (κ3) is 2.74. The van der Waals surface area contributed by atoms with Crippen molar-refractivity contribution in [2.75, 3.05) is 0 Å². The Morgan fingerprint density at radius 1 is 1.50 bits per heavy atom. The van der Waals surface area contributed by atoms with Crippen LogP contribution >= 0.6 is 0 Å². The van der Waals surface area contributed by atoms with E-state index in [1.54, 1.807) is 0 Å². The van der Waals surface area contributed by atoms with E-state index in [4.69, 9.17) is 10.2 Å². The molecule has 4 nitrogen and oxygen atoms in total. The zero-order chi connectivity index (χ0) is 9.78. The molecule has 0 aliphatic rings.